The van der Waals surface area contributed by atoms with Crippen molar-refractivity contribution in [3.05, 3.63) is 17.0 Å². The van der Waals surface area contributed by atoms with Crippen LogP contribution in [0.5, 0.6) is 0 Å². The molecule has 1 amide bonds. The highest BCUT2D eigenvalue weighted by molar-refractivity contribution is 7.91. The molecule has 5 rings (SSSR count). The third kappa shape index (κ3) is 3.38. The van der Waals surface area contributed by atoms with Crippen LogP contribution in [0.25, 0.3) is 0 Å². The quantitative estimate of drug-likeness (QED) is 0.719. The van der Waals surface area contributed by atoms with E-state index in [1.54, 1.807) is 0 Å². The first-order chi connectivity index (χ1) is 12.7. The molecule has 1 aromatic rings. The highest BCUT2D eigenvalue weighted by Crippen LogP contribution is 2.68. The first-order valence-corrected chi connectivity index (χ1v) is 11.9. The lowest BCUT2D eigenvalue weighted by Gasteiger charge is -2.62. The topological polar surface area (TPSA) is 80.3 Å². The van der Waals surface area contributed by atoms with E-state index >= 15 is 13.2 Å². The van der Waals surface area contributed by atoms with E-state index < -0.39 is 69.0 Å². The molecule has 0 aliphatic heterocycles. The lowest BCUT2D eigenvalue weighted by atomic mass is 9.46. The van der Waals surface area contributed by atoms with Crippen molar-refractivity contribution in [3.63, 3.8) is 0 Å². The number of nitrogens with one attached hydrogen (secondary N) is 1. The maximum atomic E-state index is 15.1. The normalized spacial score (nSPS) is 39.1. The molecule has 28 heavy (non-hydrogen) atoms. The van der Waals surface area contributed by atoms with E-state index in [1.807, 2.05) is 0 Å². The van der Waals surface area contributed by atoms with Gasteiger partial charge in [0.1, 0.15) is 27.8 Å². The van der Waals surface area contributed by atoms with Crippen LogP contribution in [0.4, 0.5) is 18.2 Å². The summed E-state index contributed by atoms with van der Waals surface area (Å²) >= 11 is 1.00. The summed E-state index contributed by atoms with van der Waals surface area (Å²) in [5.74, 6) is -2.11. The second kappa shape index (κ2) is 5.81. The minimum atomic E-state index is -3.56. The van der Waals surface area contributed by atoms with Crippen LogP contribution in [0.1, 0.15) is 48.9 Å². The Morgan fingerprint density at radius 1 is 1.04 bits per heavy atom. The zero-order valence-corrected chi connectivity index (χ0v) is 16.8. The maximum absolute atomic E-state index is 15.1. The van der Waals surface area contributed by atoms with Gasteiger partial charge in [0.25, 0.3) is 0 Å². The highest BCUT2D eigenvalue weighted by Gasteiger charge is 2.72. The van der Waals surface area contributed by atoms with Crippen molar-refractivity contribution in [3.8, 4) is 0 Å². The van der Waals surface area contributed by atoms with Crippen molar-refractivity contribution in [1.82, 2.24) is 0 Å². The zero-order valence-electron chi connectivity index (χ0n) is 15.2. The number of carbonyl (C=O) groups excluding carboxylic acids is 2. The number of halogens is 3. The molecule has 1 N–H and O–H groups in total. The molecule has 10 heteroatoms. The van der Waals surface area contributed by atoms with Gasteiger partial charge in [0.15, 0.2) is 15.6 Å². The zero-order chi connectivity index (χ0) is 20.6. The van der Waals surface area contributed by atoms with Gasteiger partial charge in [-0.25, -0.2) is 21.6 Å². The summed E-state index contributed by atoms with van der Waals surface area (Å²) in [4.78, 5) is 25.2. The summed E-state index contributed by atoms with van der Waals surface area (Å²) in [6, 6.07) is 1.39. The number of hydrogen-bond donors (Lipinski definition) is 1. The first-order valence-electron chi connectivity index (χ1n) is 8.91. The van der Waals surface area contributed by atoms with Crippen molar-refractivity contribution >= 4 is 37.9 Å². The molecule has 154 valence electrons. The Hall–Kier alpha value is -1.42. The molecular formula is C18H20F3NO4S2. The van der Waals surface area contributed by atoms with Gasteiger partial charge in [-0.1, -0.05) is 0 Å². The Bertz CT molecular complexity index is 920. The van der Waals surface area contributed by atoms with Gasteiger partial charge < -0.3 is 5.32 Å². The summed E-state index contributed by atoms with van der Waals surface area (Å²) in [7, 11) is -3.56. The monoisotopic (exact) mass is 435 g/mol. The third-order valence-electron chi connectivity index (χ3n) is 5.93. The molecule has 0 atom stereocenters. The number of ketones is 1. The van der Waals surface area contributed by atoms with Crippen molar-refractivity contribution < 1.29 is 31.2 Å². The number of sulfone groups is 1. The number of anilines is 1. The number of alkyl halides is 3. The van der Waals surface area contributed by atoms with E-state index in [0.29, 0.717) is 0 Å². The minimum absolute atomic E-state index is 0.0217. The van der Waals surface area contributed by atoms with Gasteiger partial charge >= 0.3 is 0 Å². The van der Waals surface area contributed by atoms with Crippen LogP contribution in [-0.2, 0) is 14.6 Å². The molecule has 4 fully saturated rings. The van der Waals surface area contributed by atoms with Crippen molar-refractivity contribution in [2.45, 2.75) is 55.5 Å². The number of Topliss-reactive ketones (excluding diaryl/α,β-unsaturated/α-hetero) is 1. The van der Waals surface area contributed by atoms with Crippen LogP contribution in [0.3, 0.4) is 0 Å². The van der Waals surface area contributed by atoms with Gasteiger partial charge in [0, 0.05) is 25.5 Å². The largest absolute Gasteiger partial charge is 0.317 e. The van der Waals surface area contributed by atoms with E-state index in [2.05, 4.69) is 5.32 Å². The Morgan fingerprint density at radius 2 is 1.54 bits per heavy atom. The Labute approximate surface area is 164 Å². The van der Waals surface area contributed by atoms with Gasteiger partial charge in [-0.3, -0.25) is 9.59 Å². The average Bonchev–Trinajstić information content (AvgIpc) is 2.88. The number of hydrogen-bond acceptors (Lipinski definition) is 5. The van der Waals surface area contributed by atoms with E-state index in [9.17, 15) is 18.0 Å². The van der Waals surface area contributed by atoms with Gasteiger partial charge in [0.05, 0.1) is 11.0 Å². The molecule has 0 unspecified atom stereocenters. The van der Waals surface area contributed by atoms with Crippen LogP contribution in [-0.4, -0.2) is 49.1 Å². The maximum Gasteiger partial charge on any atom is 0.231 e. The predicted molar refractivity (Wildman–Crippen MR) is 98.6 cm³/mol. The molecule has 0 saturated heterocycles. The number of amides is 1. The van der Waals surface area contributed by atoms with Crippen LogP contribution in [0.15, 0.2) is 11.4 Å². The van der Waals surface area contributed by atoms with Crippen molar-refractivity contribution in [2.24, 2.45) is 5.41 Å². The van der Waals surface area contributed by atoms with Crippen LogP contribution in [0.2, 0.25) is 0 Å². The second-order valence-electron chi connectivity index (χ2n) is 8.90. The van der Waals surface area contributed by atoms with E-state index in [1.165, 1.54) is 11.4 Å². The molecule has 0 spiro atoms. The fourth-order valence-corrected chi connectivity index (χ4v) is 7.12. The van der Waals surface area contributed by atoms with Crippen LogP contribution < -0.4 is 5.32 Å². The van der Waals surface area contributed by atoms with Crippen molar-refractivity contribution in [2.75, 3.05) is 17.3 Å². The SMILES string of the molecule is CS(=O)(=O)CC(=O)c1ccsc1NC(=O)C12CC3(F)CC(F)(CC(F)(C3)C1)C2. The lowest BCUT2D eigenvalue weighted by Crippen LogP contribution is -2.67. The molecule has 5 nitrogen and oxygen atoms in total. The smallest absolute Gasteiger partial charge is 0.231 e. The molecule has 1 heterocycles. The average molecular weight is 435 g/mol. The number of carbonyl (C=O) groups is 2. The van der Waals surface area contributed by atoms with Gasteiger partial charge in [-0.05, 0) is 30.7 Å². The Kier molecular flexibility index (Phi) is 4.12. The molecular weight excluding hydrogens is 415 g/mol. The summed E-state index contributed by atoms with van der Waals surface area (Å²) < 4.78 is 68.0. The molecule has 0 radical (unpaired) electrons. The van der Waals surface area contributed by atoms with Gasteiger partial charge in [0.2, 0.25) is 5.91 Å². The predicted octanol–water partition coefficient (Wildman–Crippen LogP) is 3.41. The molecule has 0 aromatic carbocycles. The highest BCUT2D eigenvalue weighted by atomic mass is 32.2. The van der Waals surface area contributed by atoms with E-state index in [-0.39, 0.29) is 29.8 Å². The summed E-state index contributed by atoms with van der Waals surface area (Å²) in [5, 5.41) is 4.15. The Balaban J connectivity index is 1.60. The van der Waals surface area contributed by atoms with Crippen LogP contribution in [0, 0.1) is 5.41 Å². The Morgan fingerprint density at radius 3 is 2.00 bits per heavy atom. The molecule has 4 saturated carbocycles. The van der Waals surface area contributed by atoms with Crippen molar-refractivity contribution in [1.29, 1.82) is 0 Å². The summed E-state index contributed by atoms with van der Waals surface area (Å²) in [5.41, 5.74) is -7.66. The standard InChI is InChI=1S/C18H20F3NO4S2/c1-28(25,26)4-12(23)11-2-3-27-13(11)22-14(24)15-5-16(19)8-17(20,6-15)10-18(21,7-15)9-16/h2-3H,4-10H2,1H3,(H,22,24). The fourth-order valence-electron chi connectivity index (χ4n) is 5.69. The van der Waals surface area contributed by atoms with E-state index in [4.69, 9.17) is 0 Å². The van der Waals surface area contributed by atoms with Gasteiger partial charge in [-0.2, -0.15) is 0 Å². The van der Waals surface area contributed by atoms with Gasteiger partial charge in [-0.15, -0.1) is 11.3 Å². The van der Waals surface area contributed by atoms with Crippen LogP contribution >= 0.6 is 11.3 Å². The minimum Gasteiger partial charge on any atom is -0.317 e. The summed E-state index contributed by atoms with van der Waals surface area (Å²) in [6.07, 6.45) is -0.996. The third-order valence-corrected chi connectivity index (χ3v) is 7.55. The molecule has 1 aromatic heterocycles. The number of rotatable bonds is 5. The molecule has 4 aliphatic rings. The number of thiophene rings is 1. The first kappa shape index (κ1) is 19.9. The lowest BCUT2D eigenvalue weighted by molar-refractivity contribution is -0.214. The molecule has 4 aliphatic carbocycles. The van der Waals surface area contributed by atoms with E-state index in [0.717, 1.165) is 17.6 Å². The fraction of sp³-hybridized carbons (Fsp3) is 0.667. The molecule has 4 bridgehead atoms. The second-order valence-corrected chi connectivity index (χ2v) is 12.0. The summed E-state index contributed by atoms with van der Waals surface area (Å²) in [6.45, 7) is 0.